The molecule has 0 bridgehead atoms. The Hall–Kier alpha value is -2.10. The molecule has 17 heavy (non-hydrogen) atoms. The minimum absolute atomic E-state index is 0.0308. The lowest BCUT2D eigenvalue weighted by atomic mass is 10.0. The summed E-state index contributed by atoms with van der Waals surface area (Å²) in [5.41, 5.74) is 1.59. The van der Waals surface area contributed by atoms with Gasteiger partial charge in [0.05, 0.1) is 13.5 Å². The van der Waals surface area contributed by atoms with Gasteiger partial charge in [0.1, 0.15) is 5.75 Å². The molecule has 1 aromatic carbocycles. The summed E-state index contributed by atoms with van der Waals surface area (Å²) in [4.78, 5) is 15.0. The number of aromatic nitrogens is 1. The molecular weight excluding hydrogens is 218 g/mol. The molecule has 4 heteroatoms. The number of carbonyl (C=O) groups is 1. The van der Waals surface area contributed by atoms with Crippen LogP contribution in [0.15, 0.2) is 24.4 Å². The molecule has 1 aromatic heterocycles. The van der Waals surface area contributed by atoms with E-state index in [4.69, 9.17) is 9.84 Å². The first-order chi connectivity index (χ1) is 8.11. The second kappa shape index (κ2) is 4.41. The third kappa shape index (κ3) is 2.20. The first kappa shape index (κ1) is 11.4. The molecule has 0 amide bonds. The van der Waals surface area contributed by atoms with E-state index >= 15 is 0 Å². The van der Waals surface area contributed by atoms with Gasteiger partial charge in [-0.05, 0) is 36.1 Å². The third-order valence-electron chi connectivity index (χ3n) is 2.72. The van der Waals surface area contributed by atoms with Crippen LogP contribution >= 0.6 is 0 Å². The highest BCUT2D eigenvalue weighted by atomic mass is 16.5. The quantitative estimate of drug-likeness (QED) is 0.879. The van der Waals surface area contributed by atoms with E-state index in [2.05, 4.69) is 4.98 Å². The van der Waals surface area contributed by atoms with Gasteiger partial charge in [0.2, 0.25) is 0 Å². The lowest BCUT2D eigenvalue weighted by molar-refractivity contribution is -0.136. The number of carboxylic acids is 1. The molecule has 0 aliphatic heterocycles. The van der Waals surface area contributed by atoms with Crippen molar-refractivity contribution in [3.8, 4) is 5.75 Å². The summed E-state index contributed by atoms with van der Waals surface area (Å²) >= 11 is 0. The number of hydrogen-bond acceptors (Lipinski definition) is 3. The van der Waals surface area contributed by atoms with Gasteiger partial charge in [-0.2, -0.15) is 0 Å². The van der Waals surface area contributed by atoms with Gasteiger partial charge < -0.3 is 9.84 Å². The zero-order chi connectivity index (χ0) is 12.4. The van der Waals surface area contributed by atoms with Crippen LogP contribution in [0.25, 0.3) is 10.8 Å². The van der Waals surface area contributed by atoms with Crippen LogP contribution in [0.4, 0.5) is 0 Å². The Morgan fingerprint density at radius 1 is 1.41 bits per heavy atom. The highest BCUT2D eigenvalue weighted by molar-refractivity contribution is 5.90. The molecular formula is C13H13NO3. The third-order valence-corrected chi connectivity index (χ3v) is 2.72. The minimum Gasteiger partial charge on any atom is -0.497 e. The van der Waals surface area contributed by atoms with Gasteiger partial charge in [0.25, 0.3) is 0 Å². The molecule has 0 unspecified atom stereocenters. The Labute approximate surface area is 98.9 Å². The minimum atomic E-state index is -0.861. The molecule has 4 nitrogen and oxygen atoms in total. The molecule has 0 saturated carbocycles. The topological polar surface area (TPSA) is 59.4 Å². The number of ether oxygens (including phenoxy) is 1. The number of carboxylic acid groups (broad SMARTS) is 1. The van der Waals surface area contributed by atoms with Gasteiger partial charge in [-0.15, -0.1) is 0 Å². The number of pyridine rings is 1. The van der Waals surface area contributed by atoms with Gasteiger partial charge in [-0.25, -0.2) is 0 Å². The molecule has 2 aromatic rings. The normalized spacial score (nSPS) is 10.5. The van der Waals surface area contributed by atoms with Crippen LogP contribution in [-0.4, -0.2) is 23.2 Å². The maximum Gasteiger partial charge on any atom is 0.307 e. The number of hydrogen-bond donors (Lipinski definition) is 1. The lowest BCUT2D eigenvalue weighted by Gasteiger charge is -2.08. The van der Waals surface area contributed by atoms with Crippen LogP contribution in [0.3, 0.4) is 0 Å². The standard InChI is InChI=1S/C13H13NO3/c1-8-11-4-3-10(17-2)6-12(11)9(7-14-8)5-13(15)16/h3-4,6-7H,5H2,1-2H3,(H,15,16). The molecule has 0 saturated heterocycles. The molecule has 0 spiro atoms. The fourth-order valence-electron chi connectivity index (χ4n) is 1.85. The van der Waals surface area contributed by atoms with Crippen molar-refractivity contribution in [2.45, 2.75) is 13.3 Å². The van der Waals surface area contributed by atoms with E-state index in [1.54, 1.807) is 13.3 Å². The van der Waals surface area contributed by atoms with Crippen LogP contribution in [0.2, 0.25) is 0 Å². The van der Waals surface area contributed by atoms with Crippen molar-refractivity contribution in [2.24, 2.45) is 0 Å². The van der Waals surface area contributed by atoms with Crippen LogP contribution in [0.5, 0.6) is 5.75 Å². The Bertz CT molecular complexity index is 578. The second-order valence-electron chi connectivity index (χ2n) is 3.85. The van der Waals surface area contributed by atoms with Crippen molar-refractivity contribution in [1.29, 1.82) is 0 Å². The summed E-state index contributed by atoms with van der Waals surface area (Å²) in [7, 11) is 1.59. The van der Waals surface area contributed by atoms with Crippen molar-refractivity contribution in [1.82, 2.24) is 4.98 Å². The highest BCUT2D eigenvalue weighted by Crippen LogP contribution is 2.25. The monoisotopic (exact) mass is 231 g/mol. The predicted octanol–water partition coefficient (Wildman–Crippen LogP) is 2.18. The first-order valence-corrected chi connectivity index (χ1v) is 5.26. The van der Waals surface area contributed by atoms with Gasteiger partial charge in [-0.3, -0.25) is 9.78 Å². The van der Waals surface area contributed by atoms with Gasteiger partial charge >= 0.3 is 5.97 Å². The van der Waals surface area contributed by atoms with Crippen molar-refractivity contribution < 1.29 is 14.6 Å². The summed E-state index contributed by atoms with van der Waals surface area (Å²) in [6.07, 6.45) is 1.59. The average molecular weight is 231 g/mol. The van der Waals surface area contributed by atoms with E-state index < -0.39 is 5.97 Å². The molecule has 2 rings (SSSR count). The number of methoxy groups -OCH3 is 1. The molecule has 1 N–H and O–H groups in total. The molecule has 0 aliphatic rings. The number of benzene rings is 1. The highest BCUT2D eigenvalue weighted by Gasteiger charge is 2.09. The Balaban J connectivity index is 2.67. The van der Waals surface area contributed by atoms with Crippen LogP contribution in [0, 0.1) is 6.92 Å². The lowest BCUT2D eigenvalue weighted by Crippen LogP contribution is -2.02. The average Bonchev–Trinajstić information content (AvgIpc) is 2.32. The Morgan fingerprint density at radius 3 is 2.82 bits per heavy atom. The largest absolute Gasteiger partial charge is 0.497 e. The van der Waals surface area contributed by atoms with E-state index in [-0.39, 0.29) is 6.42 Å². The second-order valence-corrected chi connectivity index (χ2v) is 3.85. The van der Waals surface area contributed by atoms with Gasteiger partial charge in [-0.1, -0.05) is 0 Å². The maximum absolute atomic E-state index is 10.8. The summed E-state index contributed by atoms with van der Waals surface area (Å²) in [6.45, 7) is 1.90. The first-order valence-electron chi connectivity index (χ1n) is 5.26. The van der Waals surface area contributed by atoms with Crippen molar-refractivity contribution >= 4 is 16.7 Å². The van der Waals surface area contributed by atoms with Gasteiger partial charge in [0.15, 0.2) is 0 Å². The predicted molar refractivity (Wildman–Crippen MR) is 64.4 cm³/mol. The Morgan fingerprint density at radius 2 is 2.18 bits per heavy atom. The molecule has 0 radical (unpaired) electrons. The molecule has 1 heterocycles. The molecule has 88 valence electrons. The van der Waals surface area contributed by atoms with Crippen LogP contribution < -0.4 is 4.74 Å². The summed E-state index contributed by atoms with van der Waals surface area (Å²) < 4.78 is 5.15. The van der Waals surface area contributed by atoms with E-state index in [1.165, 1.54) is 0 Å². The van der Waals surface area contributed by atoms with Crippen molar-refractivity contribution in [3.05, 3.63) is 35.7 Å². The SMILES string of the molecule is COc1ccc2c(C)ncc(CC(=O)O)c2c1. The van der Waals surface area contributed by atoms with E-state index in [0.29, 0.717) is 5.56 Å². The maximum atomic E-state index is 10.8. The number of aryl methyl sites for hydroxylation is 1. The summed E-state index contributed by atoms with van der Waals surface area (Å²) in [6, 6.07) is 5.60. The van der Waals surface area contributed by atoms with E-state index in [0.717, 1.165) is 22.2 Å². The Kier molecular flexibility index (Phi) is 2.95. The fourth-order valence-corrected chi connectivity index (χ4v) is 1.85. The molecule has 0 atom stereocenters. The molecule has 0 aliphatic carbocycles. The number of nitrogens with zero attached hydrogens (tertiary/aromatic N) is 1. The number of rotatable bonds is 3. The smallest absolute Gasteiger partial charge is 0.307 e. The number of fused-ring (bicyclic) bond motifs is 1. The van der Waals surface area contributed by atoms with Crippen LogP contribution in [-0.2, 0) is 11.2 Å². The van der Waals surface area contributed by atoms with E-state index in [1.807, 2.05) is 25.1 Å². The van der Waals surface area contributed by atoms with E-state index in [9.17, 15) is 4.79 Å². The number of aliphatic carboxylic acids is 1. The zero-order valence-electron chi connectivity index (χ0n) is 9.73. The van der Waals surface area contributed by atoms with Crippen molar-refractivity contribution in [3.63, 3.8) is 0 Å². The van der Waals surface area contributed by atoms with Crippen molar-refractivity contribution in [2.75, 3.05) is 7.11 Å². The van der Waals surface area contributed by atoms with Crippen LogP contribution in [0.1, 0.15) is 11.3 Å². The summed E-state index contributed by atoms with van der Waals surface area (Å²) in [5, 5.41) is 10.7. The fraction of sp³-hybridized carbons (Fsp3) is 0.231. The summed E-state index contributed by atoms with van der Waals surface area (Å²) in [5.74, 6) is -0.144. The van der Waals surface area contributed by atoms with Gasteiger partial charge in [0, 0.05) is 17.3 Å². The molecule has 0 fully saturated rings. The zero-order valence-corrected chi connectivity index (χ0v) is 9.73.